The second kappa shape index (κ2) is 59.0. The molecule has 0 aromatic heterocycles. The number of rotatable bonds is 64. The Labute approximate surface area is 524 Å². The van der Waals surface area contributed by atoms with Crippen LogP contribution >= 0.6 is 0 Å². The highest BCUT2D eigenvalue weighted by Crippen LogP contribution is 2.38. The minimum Gasteiger partial charge on any atom is -0.462 e. The molecule has 0 aromatic rings. The molecule has 0 saturated heterocycles. The summed E-state index contributed by atoms with van der Waals surface area (Å²) in [6.07, 6.45) is 53.5. The van der Waals surface area contributed by atoms with Gasteiger partial charge in [0.15, 0.2) is 6.10 Å². The van der Waals surface area contributed by atoms with E-state index in [-0.39, 0.29) is 44.0 Å². The third-order valence-corrected chi connectivity index (χ3v) is 20.7. The summed E-state index contributed by atoms with van der Waals surface area (Å²) in [5.41, 5.74) is 0. The fourth-order valence-corrected chi connectivity index (χ4v) is 14.8. The molecule has 0 saturated carbocycles. The molecule has 0 aromatic carbocycles. The number of ether oxygens (including phenoxy) is 4. The Bertz CT molecular complexity index is 1440. The zero-order valence-corrected chi connectivity index (χ0v) is 58.5. The molecule has 0 fully saturated rings. The van der Waals surface area contributed by atoms with Crippen LogP contribution in [0.2, 0.25) is 0 Å². The van der Waals surface area contributed by atoms with Crippen molar-refractivity contribution >= 4 is 17.9 Å². The van der Waals surface area contributed by atoms with E-state index >= 15 is 0 Å². The highest BCUT2D eigenvalue weighted by atomic mass is 16.6. The minimum atomic E-state index is -0.809. The van der Waals surface area contributed by atoms with Crippen LogP contribution in [-0.2, 0) is 33.3 Å². The molecule has 0 rings (SSSR count). The number of hydrogen-bond donors (Lipinski definition) is 1. The molecule has 0 heterocycles. The van der Waals surface area contributed by atoms with Gasteiger partial charge in [-0.3, -0.25) is 14.4 Å². The lowest BCUT2D eigenvalue weighted by atomic mass is 9.73. The normalized spacial score (nSPS) is 15.8. The van der Waals surface area contributed by atoms with E-state index in [1.807, 2.05) is 0 Å². The van der Waals surface area contributed by atoms with E-state index in [1.54, 1.807) is 0 Å². The van der Waals surface area contributed by atoms with Crippen molar-refractivity contribution in [3.8, 4) is 0 Å². The summed E-state index contributed by atoms with van der Waals surface area (Å²) in [5, 5.41) is 9.78. The molecule has 8 nitrogen and oxygen atoms in total. The number of esters is 3. The van der Waals surface area contributed by atoms with Gasteiger partial charge < -0.3 is 24.1 Å². The molecule has 500 valence electrons. The lowest BCUT2D eigenvalue weighted by Gasteiger charge is -2.33. The summed E-state index contributed by atoms with van der Waals surface area (Å²) in [6.45, 7) is 27.8. The van der Waals surface area contributed by atoms with Crippen LogP contribution in [0.15, 0.2) is 0 Å². The number of aliphatic hydroxyl groups is 1. The Hall–Kier alpha value is -1.67. The van der Waals surface area contributed by atoms with Crippen LogP contribution in [0.1, 0.15) is 385 Å². The zero-order chi connectivity index (χ0) is 62.3. The number of carbonyl (C=O) groups is 3. The van der Waals surface area contributed by atoms with E-state index in [2.05, 4.69) is 83.1 Å². The molecule has 8 heteroatoms. The summed E-state index contributed by atoms with van der Waals surface area (Å²) in [4.78, 5) is 39.4. The molecule has 0 aliphatic carbocycles. The van der Waals surface area contributed by atoms with Crippen LogP contribution in [0.5, 0.6) is 0 Å². The molecule has 11 unspecified atom stereocenters. The van der Waals surface area contributed by atoms with Crippen molar-refractivity contribution in [1.82, 2.24) is 0 Å². The maximum Gasteiger partial charge on any atom is 0.306 e. The number of aliphatic hydroxyl groups excluding tert-OH is 1. The highest BCUT2D eigenvalue weighted by molar-refractivity contribution is 5.71. The highest BCUT2D eigenvalue weighted by Gasteiger charge is 2.29. The Morgan fingerprint density at radius 1 is 0.298 bits per heavy atom. The van der Waals surface area contributed by atoms with Crippen LogP contribution < -0.4 is 0 Å². The molecule has 1 N–H and O–H groups in total. The zero-order valence-electron chi connectivity index (χ0n) is 58.5. The molecule has 11 atom stereocenters. The summed E-state index contributed by atoms with van der Waals surface area (Å²) >= 11 is 0. The Morgan fingerprint density at radius 3 is 0.893 bits per heavy atom. The Kier molecular flexibility index (Phi) is 57.8. The van der Waals surface area contributed by atoms with Gasteiger partial charge in [-0.2, -0.15) is 0 Å². The molecular weight excluding hydrogens is 1040 g/mol. The first-order valence-corrected chi connectivity index (χ1v) is 37.7. The van der Waals surface area contributed by atoms with Crippen molar-refractivity contribution in [2.24, 2.45) is 53.3 Å². The van der Waals surface area contributed by atoms with Crippen LogP contribution in [0.3, 0.4) is 0 Å². The predicted octanol–water partition coefficient (Wildman–Crippen LogP) is 23.4. The maximum absolute atomic E-state index is 13.3. The van der Waals surface area contributed by atoms with Gasteiger partial charge in [0.05, 0.1) is 6.10 Å². The third kappa shape index (κ3) is 42.3. The van der Waals surface area contributed by atoms with Crippen molar-refractivity contribution in [1.29, 1.82) is 0 Å². The van der Waals surface area contributed by atoms with E-state index in [4.69, 9.17) is 18.9 Å². The fourth-order valence-electron chi connectivity index (χ4n) is 14.8. The average Bonchev–Trinajstić information content (AvgIpc) is 3.69. The van der Waals surface area contributed by atoms with Gasteiger partial charge in [-0.1, -0.05) is 327 Å². The quantitative estimate of drug-likeness (QED) is 0.0278. The van der Waals surface area contributed by atoms with Crippen LogP contribution in [0, 0.1) is 53.3 Å². The van der Waals surface area contributed by atoms with E-state index in [0.29, 0.717) is 37.0 Å². The summed E-state index contributed by atoms with van der Waals surface area (Å²) in [5.74, 6) is 5.88. The second-order valence-corrected chi connectivity index (χ2v) is 26.8. The average molecular weight is 1190 g/mol. The second-order valence-electron chi connectivity index (χ2n) is 26.8. The Morgan fingerprint density at radius 2 is 0.560 bits per heavy atom. The largest absolute Gasteiger partial charge is 0.462 e. The predicted molar refractivity (Wildman–Crippen MR) is 360 cm³/mol. The molecule has 0 bridgehead atoms. The minimum absolute atomic E-state index is 0.0905. The van der Waals surface area contributed by atoms with Crippen molar-refractivity contribution in [3.63, 3.8) is 0 Å². The molecule has 0 aliphatic heterocycles. The third-order valence-electron chi connectivity index (χ3n) is 20.7. The van der Waals surface area contributed by atoms with Crippen molar-refractivity contribution in [3.05, 3.63) is 0 Å². The first-order valence-electron chi connectivity index (χ1n) is 37.7. The van der Waals surface area contributed by atoms with E-state index in [0.717, 1.165) is 125 Å². The first kappa shape index (κ1) is 82.3. The molecule has 0 aliphatic rings. The standard InChI is InChI=1S/C76H148O8/c1-13-25-28-29-33-42-50-63(16-4)64(17-5)51-43-34-30-37-46-55-74(78)81-60-72(84-76(80)57-48-39-32-36-44-52-66(19-7)70(23-11)58-69(22-10)65(18-6)49-40-26-14-2)61-82-75(79)56-47-38-31-35-45-53-67(20-8)71(24-12)59-73(83-62-77)68(21-9)54-41-27-15-3/h63-73,77H,13-62H2,1-12H3. The van der Waals surface area contributed by atoms with Crippen molar-refractivity contribution in [2.75, 3.05) is 20.0 Å². The molecule has 0 spiro atoms. The lowest BCUT2D eigenvalue weighted by Crippen LogP contribution is -2.30. The van der Waals surface area contributed by atoms with Gasteiger partial charge in [0.25, 0.3) is 0 Å². The van der Waals surface area contributed by atoms with Gasteiger partial charge in [-0.25, -0.2) is 0 Å². The van der Waals surface area contributed by atoms with E-state index in [1.165, 1.54) is 193 Å². The molecule has 0 amide bonds. The van der Waals surface area contributed by atoms with E-state index in [9.17, 15) is 19.5 Å². The molecule has 84 heavy (non-hydrogen) atoms. The Balaban J connectivity index is 5.23. The van der Waals surface area contributed by atoms with Gasteiger partial charge >= 0.3 is 17.9 Å². The first-order chi connectivity index (χ1) is 40.9. The lowest BCUT2D eigenvalue weighted by molar-refractivity contribution is -0.167. The number of unbranched alkanes of at least 4 members (excludes halogenated alkanes) is 21. The van der Waals surface area contributed by atoms with Gasteiger partial charge in [-0.05, 0) is 91.8 Å². The molecule has 0 radical (unpaired) electrons. The monoisotopic (exact) mass is 1190 g/mol. The number of carbonyl (C=O) groups excluding carboxylic acids is 3. The van der Waals surface area contributed by atoms with Gasteiger partial charge in [0.2, 0.25) is 0 Å². The topological polar surface area (TPSA) is 108 Å². The summed E-state index contributed by atoms with van der Waals surface area (Å²) in [6, 6.07) is 0. The van der Waals surface area contributed by atoms with Crippen LogP contribution in [0.25, 0.3) is 0 Å². The van der Waals surface area contributed by atoms with Crippen LogP contribution in [0.4, 0.5) is 0 Å². The van der Waals surface area contributed by atoms with Crippen molar-refractivity contribution in [2.45, 2.75) is 397 Å². The molecular formula is C76H148O8. The van der Waals surface area contributed by atoms with Gasteiger partial charge in [0, 0.05) is 19.3 Å². The van der Waals surface area contributed by atoms with Crippen LogP contribution in [-0.4, -0.2) is 55.2 Å². The maximum atomic E-state index is 13.3. The van der Waals surface area contributed by atoms with Gasteiger partial charge in [0.1, 0.15) is 20.0 Å². The fraction of sp³-hybridized carbons (Fsp3) is 0.961. The smallest absolute Gasteiger partial charge is 0.306 e. The van der Waals surface area contributed by atoms with E-state index < -0.39 is 6.10 Å². The van der Waals surface area contributed by atoms with Crippen molar-refractivity contribution < 1.29 is 38.4 Å². The summed E-state index contributed by atoms with van der Waals surface area (Å²) in [7, 11) is 0. The van der Waals surface area contributed by atoms with Gasteiger partial charge in [-0.15, -0.1) is 0 Å². The SMILES string of the molecule is CCCCCCCCC(CC)C(CC)CCCCCCCC(=O)OCC(COC(=O)CCCCCCCC(CC)C(CC)CC(OCO)C(CC)CCCCC)OC(=O)CCCCCCCC(CC)C(CC)CC(CC)C(CC)CCCCC. The number of hydrogen-bond acceptors (Lipinski definition) is 8. The summed E-state index contributed by atoms with van der Waals surface area (Å²) < 4.78 is 23.4.